The normalized spacial score (nSPS) is 27.2. The molecule has 0 amide bonds. The van der Waals surface area contributed by atoms with Crippen LogP contribution in [0, 0.1) is 0 Å². The molecule has 41 heavy (non-hydrogen) atoms. The summed E-state index contributed by atoms with van der Waals surface area (Å²) in [4.78, 5) is 50.6. The highest BCUT2D eigenvalue weighted by atomic mass is 35.5. The smallest absolute Gasteiger partial charge is 0.352 e. The third-order valence-corrected chi connectivity index (χ3v) is 10.2. The van der Waals surface area contributed by atoms with E-state index in [1.807, 2.05) is 0 Å². The Labute approximate surface area is 252 Å². The maximum absolute atomic E-state index is 13.9. The SMILES string of the molecule is CCOc1cc([C@H]2C3=CCn4c(=O)n(-c5ccccc5)c(=O)n4[C@@H]3C[C@@]3(Cl)C(=O)C(Cl)=C(Cl)C(=O)[C@@]23Cl)ccc1O. The average Bonchev–Trinajstić information content (AvgIpc) is 3.22. The highest BCUT2D eigenvalue weighted by Gasteiger charge is 2.71. The molecule has 3 aliphatic rings. The van der Waals surface area contributed by atoms with Crippen molar-refractivity contribution >= 4 is 58.0 Å². The molecular formula is C28H21Cl4N3O6. The van der Waals surface area contributed by atoms with Gasteiger partial charge in [-0.3, -0.25) is 9.59 Å². The number of aromatic nitrogens is 3. The second kappa shape index (κ2) is 9.66. The Bertz CT molecular complexity index is 1820. The zero-order valence-corrected chi connectivity index (χ0v) is 24.3. The number of nitrogens with zero attached hydrogens (tertiary/aromatic N) is 3. The molecule has 2 aliphatic carbocycles. The van der Waals surface area contributed by atoms with Crippen molar-refractivity contribution in [3.8, 4) is 17.2 Å². The van der Waals surface area contributed by atoms with Crippen molar-refractivity contribution in [3.05, 3.63) is 96.8 Å². The van der Waals surface area contributed by atoms with Crippen LogP contribution in [-0.4, -0.2) is 47.0 Å². The molecule has 0 saturated heterocycles. The minimum absolute atomic E-state index is 0.0264. The molecule has 1 N–H and O–H groups in total. The van der Waals surface area contributed by atoms with Crippen molar-refractivity contribution in [2.75, 3.05) is 6.61 Å². The summed E-state index contributed by atoms with van der Waals surface area (Å²) < 4.78 is 9.10. The number of rotatable bonds is 4. The van der Waals surface area contributed by atoms with Gasteiger partial charge >= 0.3 is 11.4 Å². The van der Waals surface area contributed by atoms with E-state index in [2.05, 4.69) is 0 Å². The lowest BCUT2D eigenvalue weighted by Crippen LogP contribution is -2.67. The lowest BCUT2D eigenvalue weighted by atomic mass is 9.59. The molecule has 2 heterocycles. The van der Waals surface area contributed by atoms with Gasteiger partial charge in [-0.1, -0.05) is 53.5 Å². The topological polar surface area (TPSA) is 113 Å². The van der Waals surface area contributed by atoms with Gasteiger partial charge in [0.2, 0.25) is 0 Å². The van der Waals surface area contributed by atoms with Crippen LogP contribution in [0.5, 0.6) is 11.5 Å². The van der Waals surface area contributed by atoms with Crippen LogP contribution in [0.2, 0.25) is 0 Å². The van der Waals surface area contributed by atoms with Gasteiger partial charge in [0.15, 0.2) is 23.1 Å². The Morgan fingerprint density at radius 1 is 0.976 bits per heavy atom. The number of para-hydroxylation sites is 1. The fraction of sp³-hybridized carbons (Fsp3) is 0.286. The van der Waals surface area contributed by atoms with Gasteiger partial charge in [-0.2, -0.15) is 0 Å². The van der Waals surface area contributed by atoms with Crippen LogP contribution in [0.4, 0.5) is 0 Å². The van der Waals surface area contributed by atoms with Gasteiger partial charge in [0.05, 0.1) is 24.9 Å². The number of fused-ring (bicyclic) bond motifs is 4. The first-order chi connectivity index (χ1) is 19.5. The number of Topliss-reactive ketones (excluding diaryl/α,β-unsaturated/α-hetero) is 2. The number of benzene rings is 2. The summed E-state index contributed by atoms with van der Waals surface area (Å²) in [7, 11) is 0. The van der Waals surface area contributed by atoms with Gasteiger partial charge in [-0.05, 0) is 42.3 Å². The molecule has 13 heteroatoms. The minimum atomic E-state index is -2.17. The zero-order chi connectivity index (χ0) is 29.4. The molecule has 0 bridgehead atoms. The van der Waals surface area contributed by atoms with Crippen LogP contribution >= 0.6 is 46.4 Å². The monoisotopic (exact) mass is 635 g/mol. The standard InChI is InChI=1S/C28H21Cl4N3O6/c1-2-41-19-12-14(8-9-18(19)36)20-16-10-11-33-25(39)34(15-6-4-3-5-7-15)26(40)35(33)17(16)13-27(31)23(37)21(29)22(30)24(38)28(20,27)32/h3-10,12,17,20,36H,2,11,13H2,1H3/t17-,20+,27-,28+/m1/s1. The summed E-state index contributed by atoms with van der Waals surface area (Å²) in [5, 5.41) is 9.27. The number of ketones is 2. The van der Waals surface area contributed by atoms with Gasteiger partial charge in [0.25, 0.3) is 0 Å². The maximum Gasteiger partial charge on any atom is 0.352 e. The van der Waals surface area contributed by atoms with Crippen LogP contribution in [0.1, 0.15) is 30.9 Å². The number of halogens is 4. The van der Waals surface area contributed by atoms with E-state index in [9.17, 15) is 24.3 Å². The summed E-state index contributed by atoms with van der Waals surface area (Å²) in [5.74, 6) is -2.90. The molecule has 4 atom stereocenters. The maximum atomic E-state index is 13.9. The van der Waals surface area contributed by atoms with E-state index in [1.54, 1.807) is 43.3 Å². The van der Waals surface area contributed by atoms with Gasteiger partial charge in [-0.25, -0.2) is 23.5 Å². The lowest BCUT2D eigenvalue weighted by molar-refractivity contribution is -0.128. The van der Waals surface area contributed by atoms with E-state index in [-0.39, 0.29) is 31.1 Å². The second-order valence-electron chi connectivity index (χ2n) is 9.98. The van der Waals surface area contributed by atoms with E-state index >= 15 is 0 Å². The van der Waals surface area contributed by atoms with Crippen molar-refractivity contribution in [2.45, 2.75) is 41.6 Å². The van der Waals surface area contributed by atoms with Crippen molar-refractivity contribution in [3.63, 3.8) is 0 Å². The fourth-order valence-electron chi connectivity index (χ4n) is 6.12. The Morgan fingerprint density at radius 3 is 2.34 bits per heavy atom. The molecule has 0 unspecified atom stereocenters. The lowest BCUT2D eigenvalue weighted by Gasteiger charge is -2.54. The predicted octanol–water partition coefficient (Wildman–Crippen LogP) is 4.37. The number of alkyl halides is 2. The Kier molecular flexibility index (Phi) is 6.57. The highest BCUT2D eigenvalue weighted by Crippen LogP contribution is 2.63. The molecule has 1 saturated carbocycles. The van der Waals surface area contributed by atoms with Crippen molar-refractivity contribution in [1.29, 1.82) is 0 Å². The molecule has 3 aromatic rings. The van der Waals surface area contributed by atoms with E-state index in [0.717, 1.165) is 4.57 Å². The third kappa shape index (κ3) is 3.69. The summed E-state index contributed by atoms with van der Waals surface area (Å²) >= 11 is 26.8. The third-order valence-electron chi connectivity index (χ3n) is 7.94. The van der Waals surface area contributed by atoms with E-state index in [0.29, 0.717) is 16.8 Å². The summed E-state index contributed by atoms with van der Waals surface area (Å²) in [6.45, 7) is 1.94. The number of allylic oxidation sites excluding steroid dienone is 4. The number of hydrogen-bond donors (Lipinski definition) is 1. The van der Waals surface area contributed by atoms with Crippen LogP contribution in [-0.2, 0) is 16.1 Å². The molecular weight excluding hydrogens is 616 g/mol. The van der Waals surface area contributed by atoms with Gasteiger partial charge in [0, 0.05) is 12.3 Å². The summed E-state index contributed by atoms with van der Waals surface area (Å²) in [6.07, 6.45) is 1.37. The molecule has 0 spiro atoms. The Balaban J connectivity index is 1.64. The number of carbonyl (C=O) groups excluding carboxylic acids is 2. The van der Waals surface area contributed by atoms with E-state index in [1.165, 1.54) is 27.6 Å². The minimum Gasteiger partial charge on any atom is -0.504 e. The summed E-state index contributed by atoms with van der Waals surface area (Å²) in [5.41, 5.74) is -0.0419. The molecule has 0 radical (unpaired) electrons. The van der Waals surface area contributed by atoms with Crippen molar-refractivity contribution < 1.29 is 19.4 Å². The average molecular weight is 637 g/mol. The first-order valence-electron chi connectivity index (χ1n) is 12.7. The highest BCUT2D eigenvalue weighted by molar-refractivity contribution is 6.66. The van der Waals surface area contributed by atoms with Gasteiger partial charge < -0.3 is 9.84 Å². The zero-order valence-electron chi connectivity index (χ0n) is 21.3. The van der Waals surface area contributed by atoms with Crippen LogP contribution in [0.3, 0.4) is 0 Å². The van der Waals surface area contributed by atoms with E-state index < -0.39 is 54.7 Å². The van der Waals surface area contributed by atoms with Crippen molar-refractivity contribution in [2.24, 2.45) is 0 Å². The number of hydrogen-bond acceptors (Lipinski definition) is 6. The largest absolute Gasteiger partial charge is 0.504 e. The molecule has 1 fully saturated rings. The van der Waals surface area contributed by atoms with Crippen LogP contribution in [0.15, 0.2) is 79.8 Å². The molecule has 1 aromatic heterocycles. The number of aromatic hydroxyl groups is 1. The summed E-state index contributed by atoms with van der Waals surface area (Å²) in [6, 6.07) is 11.8. The molecule has 9 nitrogen and oxygen atoms in total. The Hall–Kier alpha value is -3.24. The first-order valence-corrected chi connectivity index (χ1v) is 14.2. The van der Waals surface area contributed by atoms with Gasteiger partial charge in [-0.15, -0.1) is 23.2 Å². The number of ether oxygens (including phenoxy) is 1. The van der Waals surface area contributed by atoms with Crippen LogP contribution in [0.25, 0.3) is 5.69 Å². The Morgan fingerprint density at radius 2 is 1.66 bits per heavy atom. The molecule has 1 aliphatic heterocycles. The van der Waals surface area contributed by atoms with E-state index in [4.69, 9.17) is 51.1 Å². The predicted molar refractivity (Wildman–Crippen MR) is 154 cm³/mol. The van der Waals surface area contributed by atoms with Crippen molar-refractivity contribution in [1.82, 2.24) is 13.9 Å². The molecule has 2 aromatic carbocycles. The van der Waals surface area contributed by atoms with Gasteiger partial charge in [0.1, 0.15) is 19.8 Å². The quantitative estimate of drug-likeness (QED) is 0.336. The number of phenols is 1. The second-order valence-corrected chi connectivity index (χ2v) is 12.0. The van der Waals surface area contributed by atoms with Crippen LogP contribution < -0.4 is 16.1 Å². The fourth-order valence-corrected chi connectivity index (χ4v) is 7.65. The molecule has 212 valence electrons. The molecule has 6 rings (SSSR count). The first kappa shape index (κ1) is 27.9. The number of carbonyl (C=O) groups is 2. The number of phenolic OH excluding ortho intramolecular Hbond substituents is 1.